The van der Waals surface area contributed by atoms with Gasteiger partial charge in [-0.3, -0.25) is 0 Å². The molecule has 1 saturated carbocycles. The van der Waals surface area contributed by atoms with Gasteiger partial charge in [0.1, 0.15) is 5.75 Å². The Balaban J connectivity index is 1.82. The van der Waals surface area contributed by atoms with Gasteiger partial charge >= 0.3 is 0 Å². The molecule has 1 fully saturated rings. The molecule has 1 aliphatic rings. The molecule has 1 atom stereocenters. The maximum atomic E-state index is 6.09. The van der Waals surface area contributed by atoms with Crippen LogP contribution in [-0.4, -0.2) is 13.4 Å². The molecule has 0 heterocycles. The van der Waals surface area contributed by atoms with Crippen molar-refractivity contribution in [1.29, 1.82) is 0 Å². The van der Waals surface area contributed by atoms with Crippen LogP contribution in [0.4, 0.5) is 0 Å². The van der Waals surface area contributed by atoms with Crippen molar-refractivity contribution >= 4 is 11.6 Å². The lowest BCUT2D eigenvalue weighted by Gasteiger charge is -2.11. The molecule has 0 bridgehead atoms. The van der Waals surface area contributed by atoms with Gasteiger partial charge in [0.25, 0.3) is 0 Å². The molecule has 0 unspecified atom stereocenters. The molecule has 0 saturated heterocycles. The average molecular weight is 256 g/mol. The maximum absolute atomic E-state index is 6.09. The van der Waals surface area contributed by atoms with Gasteiger partial charge in [0.2, 0.25) is 0 Å². The minimum Gasteiger partial charge on any atom is -0.466 e. The zero-order valence-electron chi connectivity index (χ0n) is 9.99. The fraction of sp³-hybridized carbons (Fsp3) is 0.538. The Morgan fingerprint density at radius 3 is 2.82 bits per heavy atom. The van der Waals surface area contributed by atoms with Crippen molar-refractivity contribution in [2.45, 2.75) is 25.8 Å². The van der Waals surface area contributed by atoms with Crippen LogP contribution < -0.4 is 10.5 Å². The van der Waals surface area contributed by atoms with Crippen molar-refractivity contribution in [2.24, 2.45) is 11.7 Å². The summed E-state index contributed by atoms with van der Waals surface area (Å²) in [5, 5.41) is 0.579. The molecule has 1 aromatic rings. The van der Waals surface area contributed by atoms with E-state index in [-0.39, 0.29) is 12.8 Å². The fourth-order valence-electron chi connectivity index (χ4n) is 1.52. The smallest absolute Gasteiger partial charge is 0.189 e. The van der Waals surface area contributed by atoms with E-state index in [1.807, 2.05) is 25.1 Å². The van der Waals surface area contributed by atoms with Crippen LogP contribution in [0, 0.1) is 5.92 Å². The zero-order chi connectivity index (χ0) is 12.3. The Labute approximate surface area is 107 Å². The molecule has 1 aliphatic carbocycles. The first-order valence-corrected chi connectivity index (χ1v) is 6.30. The number of rotatable bonds is 6. The van der Waals surface area contributed by atoms with Crippen LogP contribution in [0.5, 0.6) is 5.75 Å². The maximum Gasteiger partial charge on any atom is 0.189 e. The molecule has 4 heteroatoms. The van der Waals surface area contributed by atoms with E-state index >= 15 is 0 Å². The van der Waals surface area contributed by atoms with Gasteiger partial charge in [-0.2, -0.15) is 0 Å². The number of nitrogens with two attached hydrogens (primary N) is 1. The Hall–Kier alpha value is -0.770. The minimum atomic E-state index is -0.0207. The first-order chi connectivity index (χ1) is 8.16. The molecule has 1 aromatic carbocycles. The summed E-state index contributed by atoms with van der Waals surface area (Å²) in [4.78, 5) is 0. The number of halogens is 1. The summed E-state index contributed by atoms with van der Waals surface area (Å²) >= 11 is 6.09. The number of hydrogen-bond donors (Lipinski definition) is 1. The summed E-state index contributed by atoms with van der Waals surface area (Å²) in [5.74, 6) is 1.39. The van der Waals surface area contributed by atoms with E-state index < -0.39 is 0 Å². The second-order valence-corrected chi connectivity index (χ2v) is 4.96. The molecule has 0 radical (unpaired) electrons. The lowest BCUT2D eigenvalue weighted by atomic mass is 10.1. The molecule has 17 heavy (non-hydrogen) atoms. The third-order valence-electron chi connectivity index (χ3n) is 2.83. The van der Waals surface area contributed by atoms with Crippen LogP contribution in [0.15, 0.2) is 18.2 Å². The molecule has 0 amide bonds. The molecule has 94 valence electrons. The van der Waals surface area contributed by atoms with Crippen molar-refractivity contribution in [3.63, 3.8) is 0 Å². The molecule has 0 aromatic heterocycles. The highest BCUT2D eigenvalue weighted by atomic mass is 35.5. The van der Waals surface area contributed by atoms with E-state index in [0.717, 1.165) is 18.1 Å². The minimum absolute atomic E-state index is 0.0207. The van der Waals surface area contributed by atoms with E-state index in [9.17, 15) is 0 Å². The van der Waals surface area contributed by atoms with E-state index in [2.05, 4.69) is 0 Å². The Morgan fingerprint density at radius 2 is 2.24 bits per heavy atom. The third-order valence-corrected chi connectivity index (χ3v) is 3.13. The molecule has 3 nitrogen and oxygen atoms in total. The normalized spacial score (nSPS) is 16.9. The van der Waals surface area contributed by atoms with Crippen molar-refractivity contribution in [3.8, 4) is 5.75 Å². The highest BCUT2D eigenvalue weighted by Crippen LogP contribution is 2.29. The van der Waals surface area contributed by atoms with Crippen LogP contribution in [0.3, 0.4) is 0 Å². The molecular weight excluding hydrogens is 238 g/mol. The average Bonchev–Trinajstić information content (AvgIpc) is 3.09. The van der Waals surface area contributed by atoms with E-state index in [1.54, 1.807) is 0 Å². The Kier molecular flexibility index (Phi) is 4.26. The fourth-order valence-corrected chi connectivity index (χ4v) is 1.77. The largest absolute Gasteiger partial charge is 0.466 e. The molecule has 0 aliphatic heterocycles. The Bertz CT molecular complexity index is 378. The second kappa shape index (κ2) is 5.71. The quantitative estimate of drug-likeness (QED) is 0.627. The first-order valence-electron chi connectivity index (χ1n) is 5.92. The summed E-state index contributed by atoms with van der Waals surface area (Å²) in [5.41, 5.74) is 6.77. The van der Waals surface area contributed by atoms with Gasteiger partial charge in [-0.25, -0.2) is 0 Å². The highest BCUT2D eigenvalue weighted by molar-refractivity contribution is 6.32. The van der Waals surface area contributed by atoms with Gasteiger partial charge in [0, 0.05) is 6.04 Å². The van der Waals surface area contributed by atoms with E-state index in [0.29, 0.717) is 10.8 Å². The van der Waals surface area contributed by atoms with Gasteiger partial charge in [0.15, 0.2) is 6.79 Å². The van der Waals surface area contributed by atoms with Crippen LogP contribution >= 0.6 is 11.6 Å². The molecule has 0 spiro atoms. The molecular formula is C13H18ClNO2. The first kappa shape index (κ1) is 12.7. The summed E-state index contributed by atoms with van der Waals surface area (Å²) in [6, 6.07) is 5.57. The SMILES string of the molecule is C[C@@H](N)c1ccc(OCOCC2CC2)c(Cl)c1. The zero-order valence-corrected chi connectivity index (χ0v) is 10.7. The van der Waals surface area contributed by atoms with Crippen molar-refractivity contribution < 1.29 is 9.47 Å². The summed E-state index contributed by atoms with van der Waals surface area (Å²) < 4.78 is 10.8. The van der Waals surface area contributed by atoms with Crippen molar-refractivity contribution in [2.75, 3.05) is 13.4 Å². The van der Waals surface area contributed by atoms with Gasteiger partial charge in [0.05, 0.1) is 11.6 Å². The van der Waals surface area contributed by atoms with Gasteiger partial charge in [-0.05, 0) is 43.4 Å². The Morgan fingerprint density at radius 1 is 1.47 bits per heavy atom. The lowest BCUT2D eigenvalue weighted by Crippen LogP contribution is -2.07. The van der Waals surface area contributed by atoms with Gasteiger partial charge in [-0.15, -0.1) is 0 Å². The third kappa shape index (κ3) is 3.87. The van der Waals surface area contributed by atoms with E-state index in [4.69, 9.17) is 26.8 Å². The second-order valence-electron chi connectivity index (χ2n) is 4.55. The number of hydrogen-bond acceptors (Lipinski definition) is 3. The number of ether oxygens (including phenoxy) is 2. The molecule has 2 rings (SSSR count). The standard InChI is InChI=1S/C13H18ClNO2/c1-9(15)11-4-5-13(12(14)6-11)17-8-16-7-10-2-3-10/h4-6,9-10H,2-3,7-8,15H2,1H3/t9-/m1/s1. The van der Waals surface area contributed by atoms with Gasteiger partial charge < -0.3 is 15.2 Å². The summed E-state index contributed by atoms with van der Waals surface area (Å²) in [7, 11) is 0. The summed E-state index contributed by atoms with van der Waals surface area (Å²) in [6.45, 7) is 2.97. The van der Waals surface area contributed by atoms with Gasteiger partial charge in [-0.1, -0.05) is 17.7 Å². The highest BCUT2D eigenvalue weighted by Gasteiger charge is 2.21. The topological polar surface area (TPSA) is 44.5 Å². The molecule has 2 N–H and O–H groups in total. The predicted octanol–water partition coefficient (Wildman–Crippen LogP) is 3.12. The van der Waals surface area contributed by atoms with E-state index in [1.165, 1.54) is 12.8 Å². The van der Waals surface area contributed by atoms with Crippen LogP contribution in [0.2, 0.25) is 5.02 Å². The van der Waals surface area contributed by atoms with Crippen LogP contribution in [-0.2, 0) is 4.74 Å². The van der Waals surface area contributed by atoms with Crippen molar-refractivity contribution in [3.05, 3.63) is 28.8 Å². The van der Waals surface area contributed by atoms with Crippen LogP contribution in [0.1, 0.15) is 31.4 Å². The monoisotopic (exact) mass is 255 g/mol. The van der Waals surface area contributed by atoms with Crippen molar-refractivity contribution in [1.82, 2.24) is 0 Å². The summed E-state index contributed by atoms with van der Waals surface area (Å²) in [6.07, 6.45) is 2.56. The number of benzene rings is 1. The predicted molar refractivity (Wildman–Crippen MR) is 68.2 cm³/mol. The van der Waals surface area contributed by atoms with Crippen LogP contribution in [0.25, 0.3) is 0 Å². The lowest BCUT2D eigenvalue weighted by molar-refractivity contribution is 0.0100.